The number of benzene rings is 1. The van der Waals surface area contributed by atoms with Crippen molar-refractivity contribution in [2.45, 2.75) is 51.5 Å². The predicted octanol–water partition coefficient (Wildman–Crippen LogP) is 2.39. The van der Waals surface area contributed by atoms with Crippen LogP contribution in [0.4, 0.5) is 4.79 Å². The van der Waals surface area contributed by atoms with Gasteiger partial charge in [0, 0.05) is 18.0 Å². The largest absolute Gasteiger partial charge is 0.445 e. The lowest BCUT2D eigenvalue weighted by atomic mass is 9.66. The fraction of sp³-hybridized carbons (Fsp3) is 0.632. The molecular formula is C19H28N2O3. The Bertz CT molecular complexity index is 572. The Morgan fingerprint density at radius 3 is 2.71 bits per heavy atom. The van der Waals surface area contributed by atoms with Gasteiger partial charge in [0.1, 0.15) is 6.61 Å². The fourth-order valence-electron chi connectivity index (χ4n) is 4.91. The van der Waals surface area contributed by atoms with E-state index in [-0.39, 0.29) is 18.1 Å². The van der Waals surface area contributed by atoms with Crippen LogP contribution >= 0.6 is 0 Å². The lowest BCUT2D eigenvalue weighted by Gasteiger charge is -2.57. The van der Waals surface area contributed by atoms with Crippen molar-refractivity contribution in [3.05, 3.63) is 35.9 Å². The SMILES string of the molecule is CC(C)C1N(C)CC12C[C@@H](O)[C@H](NC(=O)OCc1ccccc1)C2. The Morgan fingerprint density at radius 2 is 2.08 bits per heavy atom. The minimum Gasteiger partial charge on any atom is -0.445 e. The summed E-state index contributed by atoms with van der Waals surface area (Å²) in [6, 6.07) is 9.86. The van der Waals surface area contributed by atoms with Crippen LogP contribution in [0.3, 0.4) is 0 Å². The highest BCUT2D eigenvalue weighted by Gasteiger charge is 2.58. The smallest absolute Gasteiger partial charge is 0.407 e. The zero-order valence-corrected chi connectivity index (χ0v) is 14.7. The van der Waals surface area contributed by atoms with E-state index in [1.807, 2.05) is 30.3 Å². The van der Waals surface area contributed by atoms with Crippen molar-refractivity contribution in [2.75, 3.05) is 13.6 Å². The van der Waals surface area contributed by atoms with Gasteiger partial charge in [-0.15, -0.1) is 0 Å². The molecule has 24 heavy (non-hydrogen) atoms. The van der Waals surface area contributed by atoms with Crippen molar-refractivity contribution in [3.8, 4) is 0 Å². The van der Waals surface area contributed by atoms with Crippen LogP contribution < -0.4 is 5.32 Å². The number of likely N-dealkylation sites (tertiary alicyclic amines) is 1. The minimum absolute atomic E-state index is 0.125. The zero-order valence-electron chi connectivity index (χ0n) is 14.7. The molecule has 1 amide bonds. The molecule has 2 N–H and O–H groups in total. The maximum Gasteiger partial charge on any atom is 0.407 e. The first-order chi connectivity index (χ1) is 11.4. The van der Waals surface area contributed by atoms with E-state index >= 15 is 0 Å². The Hall–Kier alpha value is -1.59. The number of amides is 1. The van der Waals surface area contributed by atoms with E-state index in [1.54, 1.807) is 0 Å². The second-order valence-corrected chi connectivity index (χ2v) is 7.75. The van der Waals surface area contributed by atoms with E-state index in [4.69, 9.17) is 4.74 Å². The molecule has 1 spiro atoms. The molecule has 1 aromatic rings. The Morgan fingerprint density at radius 1 is 1.38 bits per heavy atom. The highest BCUT2D eigenvalue weighted by atomic mass is 16.5. The molecule has 1 aromatic carbocycles. The summed E-state index contributed by atoms with van der Waals surface area (Å²) >= 11 is 0. The number of carbonyl (C=O) groups is 1. The van der Waals surface area contributed by atoms with Gasteiger partial charge in [0.2, 0.25) is 0 Å². The molecule has 2 fully saturated rings. The van der Waals surface area contributed by atoms with E-state index in [1.165, 1.54) is 0 Å². The van der Waals surface area contributed by atoms with Crippen molar-refractivity contribution in [1.29, 1.82) is 0 Å². The Labute approximate surface area is 144 Å². The standard InChI is InChI=1S/C19H28N2O3/c1-13(2)17-19(12-21(17)3)9-15(16(22)10-19)20-18(23)24-11-14-7-5-4-6-8-14/h4-8,13,15-17,22H,9-12H2,1-3H3,(H,20,23)/t15-,16-,17?,19?/m1/s1. The van der Waals surface area contributed by atoms with E-state index in [0.29, 0.717) is 12.0 Å². The van der Waals surface area contributed by atoms with Crippen LogP contribution in [-0.2, 0) is 11.3 Å². The fourth-order valence-corrected chi connectivity index (χ4v) is 4.91. The van der Waals surface area contributed by atoms with Crippen molar-refractivity contribution in [1.82, 2.24) is 10.2 Å². The molecule has 0 bridgehead atoms. The third-order valence-corrected chi connectivity index (χ3v) is 5.52. The summed E-state index contributed by atoms with van der Waals surface area (Å²) in [5, 5.41) is 13.3. The van der Waals surface area contributed by atoms with Crippen LogP contribution in [-0.4, -0.2) is 47.9 Å². The monoisotopic (exact) mass is 332 g/mol. The number of rotatable bonds is 4. The molecule has 0 radical (unpaired) electrons. The second-order valence-electron chi connectivity index (χ2n) is 7.75. The van der Waals surface area contributed by atoms with Crippen LogP contribution in [0.15, 0.2) is 30.3 Å². The number of ether oxygens (including phenoxy) is 1. The summed E-state index contributed by atoms with van der Waals surface area (Å²) in [7, 11) is 2.14. The number of nitrogens with zero attached hydrogens (tertiary/aromatic N) is 1. The van der Waals surface area contributed by atoms with Gasteiger partial charge in [-0.3, -0.25) is 0 Å². The van der Waals surface area contributed by atoms with E-state index in [0.717, 1.165) is 24.9 Å². The van der Waals surface area contributed by atoms with Crippen molar-refractivity contribution in [2.24, 2.45) is 11.3 Å². The van der Waals surface area contributed by atoms with Crippen LogP contribution in [0.2, 0.25) is 0 Å². The molecule has 1 saturated carbocycles. The molecule has 2 unspecified atom stereocenters. The lowest BCUT2D eigenvalue weighted by molar-refractivity contribution is -0.0827. The van der Waals surface area contributed by atoms with Gasteiger partial charge in [0.15, 0.2) is 0 Å². The maximum absolute atomic E-state index is 12.1. The molecule has 5 heteroatoms. The van der Waals surface area contributed by atoms with Gasteiger partial charge in [-0.2, -0.15) is 0 Å². The minimum atomic E-state index is -0.496. The van der Waals surface area contributed by atoms with Crippen LogP contribution in [0.25, 0.3) is 0 Å². The van der Waals surface area contributed by atoms with Gasteiger partial charge >= 0.3 is 6.09 Å². The van der Waals surface area contributed by atoms with E-state index < -0.39 is 12.2 Å². The Kier molecular flexibility index (Phi) is 4.83. The van der Waals surface area contributed by atoms with Gasteiger partial charge in [-0.1, -0.05) is 44.2 Å². The van der Waals surface area contributed by atoms with E-state index in [2.05, 4.69) is 31.1 Å². The first kappa shape index (κ1) is 17.2. The molecule has 3 rings (SSSR count). The first-order valence-electron chi connectivity index (χ1n) is 8.77. The molecule has 2 aliphatic rings. The summed E-state index contributed by atoms with van der Waals surface area (Å²) in [6.45, 7) is 5.69. The molecule has 0 aromatic heterocycles. The number of aliphatic hydroxyl groups excluding tert-OH is 1. The van der Waals surface area contributed by atoms with E-state index in [9.17, 15) is 9.90 Å². The van der Waals surface area contributed by atoms with Crippen LogP contribution in [0, 0.1) is 11.3 Å². The third-order valence-electron chi connectivity index (χ3n) is 5.52. The molecule has 132 valence electrons. The normalized spacial score (nSPS) is 32.8. The predicted molar refractivity (Wildman–Crippen MR) is 92.5 cm³/mol. The number of aliphatic hydroxyl groups is 1. The topological polar surface area (TPSA) is 61.8 Å². The molecule has 1 heterocycles. The average molecular weight is 332 g/mol. The van der Waals surface area contributed by atoms with Crippen molar-refractivity contribution < 1.29 is 14.6 Å². The van der Waals surface area contributed by atoms with Crippen molar-refractivity contribution >= 4 is 6.09 Å². The summed E-state index contributed by atoms with van der Waals surface area (Å²) in [5.41, 5.74) is 1.08. The van der Waals surface area contributed by atoms with Gasteiger partial charge in [-0.25, -0.2) is 4.79 Å². The molecule has 4 atom stereocenters. The number of carbonyl (C=O) groups excluding carboxylic acids is 1. The van der Waals surface area contributed by atoms with Crippen molar-refractivity contribution in [3.63, 3.8) is 0 Å². The number of nitrogens with one attached hydrogen (secondary N) is 1. The molecule has 1 saturated heterocycles. The second kappa shape index (κ2) is 6.73. The molecular weight excluding hydrogens is 304 g/mol. The average Bonchev–Trinajstić information content (AvgIpc) is 2.83. The first-order valence-corrected chi connectivity index (χ1v) is 8.77. The maximum atomic E-state index is 12.1. The summed E-state index contributed by atoms with van der Waals surface area (Å²) in [6.07, 6.45) is 0.629. The summed E-state index contributed by atoms with van der Waals surface area (Å²) < 4.78 is 5.28. The Balaban J connectivity index is 1.53. The van der Waals surface area contributed by atoms with Gasteiger partial charge in [-0.05, 0) is 31.4 Å². The number of hydrogen-bond acceptors (Lipinski definition) is 4. The summed E-state index contributed by atoms with van der Waals surface area (Å²) in [5.74, 6) is 0.541. The third kappa shape index (κ3) is 3.28. The number of alkyl carbamates (subject to hydrolysis) is 1. The van der Waals surface area contributed by atoms with Crippen LogP contribution in [0.1, 0.15) is 32.3 Å². The van der Waals surface area contributed by atoms with Gasteiger partial charge < -0.3 is 20.1 Å². The quantitative estimate of drug-likeness (QED) is 0.889. The lowest BCUT2D eigenvalue weighted by Crippen LogP contribution is -2.64. The molecule has 5 nitrogen and oxygen atoms in total. The molecule has 1 aliphatic heterocycles. The zero-order chi connectivity index (χ0) is 17.3. The highest BCUT2D eigenvalue weighted by molar-refractivity contribution is 5.67. The molecule has 1 aliphatic carbocycles. The number of hydrogen-bond donors (Lipinski definition) is 2. The van der Waals surface area contributed by atoms with Crippen LogP contribution in [0.5, 0.6) is 0 Å². The van der Waals surface area contributed by atoms with Gasteiger partial charge in [0.05, 0.1) is 12.1 Å². The highest BCUT2D eigenvalue weighted by Crippen LogP contribution is 2.52. The summed E-state index contributed by atoms with van der Waals surface area (Å²) in [4.78, 5) is 14.4. The van der Waals surface area contributed by atoms with Gasteiger partial charge in [0.25, 0.3) is 0 Å².